The minimum atomic E-state index is -0.724. The fourth-order valence-corrected chi connectivity index (χ4v) is 4.71. The fourth-order valence-electron chi connectivity index (χ4n) is 4.71. The third-order valence-corrected chi connectivity index (χ3v) is 6.63. The van der Waals surface area contributed by atoms with Gasteiger partial charge in [-0.3, -0.25) is 14.9 Å². The first kappa shape index (κ1) is 27.8. The maximum Gasteiger partial charge on any atom is 0.328 e. The Bertz CT molecular complexity index is 784. The molecule has 1 fully saturated rings. The van der Waals surface area contributed by atoms with Crippen LogP contribution in [0.25, 0.3) is 0 Å². The van der Waals surface area contributed by atoms with E-state index < -0.39 is 24.1 Å². The van der Waals surface area contributed by atoms with Crippen molar-refractivity contribution in [2.75, 3.05) is 6.61 Å². The Morgan fingerprint density at radius 2 is 1.71 bits per heavy atom. The molecular weight excluding hydrogens is 432 g/mol. The van der Waals surface area contributed by atoms with Crippen LogP contribution in [0.1, 0.15) is 78.7 Å². The van der Waals surface area contributed by atoms with E-state index in [-0.39, 0.29) is 30.4 Å². The first-order valence-electron chi connectivity index (χ1n) is 12.7. The standard InChI is InChI=1S/C27H42N2O5/c1-6-13-23(27(32)33-7-2)28-20(4)25(30)29(24-17-12-11-14-19(24)3)21(5)26(31)34-18-22-15-9-8-10-16-22/h8-10,15-16,19-21,23-24,28H,6-7,11-14,17-18H2,1-5H3/t19-,20+,21+,23+,24+/m1/s1. The summed E-state index contributed by atoms with van der Waals surface area (Å²) in [4.78, 5) is 40.9. The average molecular weight is 475 g/mol. The van der Waals surface area contributed by atoms with Crippen molar-refractivity contribution >= 4 is 17.8 Å². The summed E-state index contributed by atoms with van der Waals surface area (Å²) in [5.41, 5.74) is 0.902. The molecule has 1 aliphatic carbocycles. The average Bonchev–Trinajstić information content (AvgIpc) is 2.84. The molecule has 1 amide bonds. The monoisotopic (exact) mass is 474 g/mol. The number of carbonyl (C=O) groups is 3. The van der Waals surface area contributed by atoms with Gasteiger partial charge in [-0.1, -0.05) is 63.4 Å². The summed E-state index contributed by atoms with van der Waals surface area (Å²) in [6, 6.07) is 7.55. The summed E-state index contributed by atoms with van der Waals surface area (Å²) >= 11 is 0. The first-order valence-corrected chi connectivity index (χ1v) is 12.7. The second-order valence-corrected chi connectivity index (χ2v) is 9.33. The number of carbonyl (C=O) groups excluding carboxylic acids is 3. The molecular formula is C27H42N2O5. The van der Waals surface area contributed by atoms with Gasteiger partial charge in [-0.25, -0.2) is 4.79 Å². The second-order valence-electron chi connectivity index (χ2n) is 9.33. The Labute approximate surface area is 204 Å². The van der Waals surface area contributed by atoms with Crippen LogP contribution >= 0.6 is 0 Å². The molecule has 1 saturated carbocycles. The molecule has 1 aromatic rings. The van der Waals surface area contributed by atoms with Crippen molar-refractivity contribution in [1.29, 1.82) is 0 Å². The van der Waals surface area contributed by atoms with Crippen LogP contribution in [0.4, 0.5) is 0 Å². The van der Waals surface area contributed by atoms with Crippen molar-refractivity contribution in [2.24, 2.45) is 5.92 Å². The van der Waals surface area contributed by atoms with Gasteiger partial charge < -0.3 is 14.4 Å². The predicted octanol–water partition coefficient (Wildman–Crippen LogP) is 4.24. The van der Waals surface area contributed by atoms with Crippen molar-refractivity contribution in [3.63, 3.8) is 0 Å². The molecule has 1 N–H and O–H groups in total. The molecule has 0 bridgehead atoms. The lowest BCUT2D eigenvalue weighted by Gasteiger charge is -2.42. The van der Waals surface area contributed by atoms with Crippen molar-refractivity contribution < 1.29 is 23.9 Å². The van der Waals surface area contributed by atoms with E-state index in [2.05, 4.69) is 12.2 Å². The van der Waals surface area contributed by atoms with E-state index in [0.29, 0.717) is 13.0 Å². The largest absolute Gasteiger partial charge is 0.465 e. The number of rotatable bonds is 12. The summed E-state index contributed by atoms with van der Waals surface area (Å²) in [6.45, 7) is 9.86. The molecule has 0 radical (unpaired) electrons. The number of esters is 2. The molecule has 0 aliphatic heterocycles. The summed E-state index contributed by atoms with van der Waals surface area (Å²) in [5, 5.41) is 3.17. The van der Waals surface area contributed by atoms with Crippen LogP contribution in [-0.4, -0.2) is 53.5 Å². The highest BCUT2D eigenvalue weighted by Crippen LogP contribution is 2.30. The summed E-state index contributed by atoms with van der Waals surface area (Å²) in [6.07, 6.45) is 5.37. The Balaban J connectivity index is 2.18. The minimum absolute atomic E-state index is 0.0445. The zero-order chi connectivity index (χ0) is 25.1. The van der Waals surface area contributed by atoms with Gasteiger partial charge in [0.25, 0.3) is 0 Å². The molecule has 0 spiro atoms. The van der Waals surface area contributed by atoms with Crippen molar-refractivity contribution in [1.82, 2.24) is 10.2 Å². The van der Waals surface area contributed by atoms with Crippen LogP contribution in [0.15, 0.2) is 30.3 Å². The van der Waals surface area contributed by atoms with Crippen molar-refractivity contribution in [3.8, 4) is 0 Å². The zero-order valence-electron chi connectivity index (χ0n) is 21.4. The summed E-state index contributed by atoms with van der Waals surface area (Å²) in [5.74, 6) is -0.673. The third-order valence-electron chi connectivity index (χ3n) is 6.63. The molecule has 0 unspecified atom stereocenters. The van der Waals surface area contributed by atoms with Crippen LogP contribution in [0.2, 0.25) is 0 Å². The molecule has 7 heteroatoms. The van der Waals surface area contributed by atoms with Gasteiger partial charge in [0.1, 0.15) is 18.7 Å². The van der Waals surface area contributed by atoms with Gasteiger partial charge in [-0.15, -0.1) is 0 Å². The van der Waals surface area contributed by atoms with Crippen LogP contribution in [0.3, 0.4) is 0 Å². The van der Waals surface area contributed by atoms with E-state index >= 15 is 0 Å². The van der Waals surface area contributed by atoms with E-state index in [1.807, 2.05) is 37.3 Å². The fraction of sp³-hybridized carbons (Fsp3) is 0.667. The second kappa shape index (κ2) is 14.1. The van der Waals surface area contributed by atoms with E-state index in [0.717, 1.165) is 37.7 Å². The quantitative estimate of drug-likeness (QED) is 0.456. The van der Waals surface area contributed by atoms with E-state index in [1.54, 1.807) is 25.7 Å². The van der Waals surface area contributed by atoms with Gasteiger partial charge in [0.2, 0.25) is 5.91 Å². The summed E-state index contributed by atoms with van der Waals surface area (Å²) in [7, 11) is 0. The number of benzene rings is 1. The number of ether oxygens (including phenoxy) is 2. The predicted molar refractivity (Wildman–Crippen MR) is 132 cm³/mol. The van der Waals surface area contributed by atoms with Gasteiger partial charge in [-0.05, 0) is 51.5 Å². The van der Waals surface area contributed by atoms with Gasteiger partial charge in [0.05, 0.1) is 12.6 Å². The normalized spacial score (nSPS) is 20.6. The molecule has 1 aromatic carbocycles. The van der Waals surface area contributed by atoms with Crippen LogP contribution < -0.4 is 5.32 Å². The molecule has 1 aliphatic rings. The summed E-state index contributed by atoms with van der Waals surface area (Å²) < 4.78 is 10.8. The number of hydrogen-bond donors (Lipinski definition) is 1. The Hall–Kier alpha value is -2.41. The number of nitrogens with one attached hydrogen (secondary N) is 1. The lowest BCUT2D eigenvalue weighted by Crippen LogP contribution is -2.59. The van der Waals surface area contributed by atoms with Crippen LogP contribution in [0.5, 0.6) is 0 Å². The van der Waals surface area contributed by atoms with Gasteiger partial charge in [0, 0.05) is 6.04 Å². The van der Waals surface area contributed by atoms with Crippen molar-refractivity contribution in [2.45, 2.75) is 104 Å². The molecule has 7 nitrogen and oxygen atoms in total. The number of hydrogen-bond acceptors (Lipinski definition) is 6. The first-order chi connectivity index (χ1) is 16.3. The Morgan fingerprint density at radius 1 is 1.03 bits per heavy atom. The van der Waals surface area contributed by atoms with Crippen molar-refractivity contribution in [3.05, 3.63) is 35.9 Å². The highest BCUT2D eigenvalue weighted by atomic mass is 16.5. The SMILES string of the molecule is CCC[C@H](N[C@@H](C)C(=O)N([C@@H](C)C(=O)OCc1ccccc1)[C@H]1CCCC[C@H]1C)C(=O)OCC. The molecule has 2 rings (SSSR count). The van der Waals surface area contributed by atoms with E-state index in [4.69, 9.17) is 9.47 Å². The molecule has 190 valence electrons. The highest BCUT2D eigenvalue weighted by molar-refractivity contribution is 5.88. The Morgan fingerprint density at radius 3 is 2.32 bits per heavy atom. The van der Waals surface area contributed by atoms with E-state index in [9.17, 15) is 14.4 Å². The molecule has 5 atom stereocenters. The Kier molecular flexibility index (Phi) is 11.5. The molecule has 0 saturated heterocycles. The van der Waals surface area contributed by atoms with Gasteiger partial charge >= 0.3 is 11.9 Å². The third kappa shape index (κ3) is 7.83. The van der Waals surface area contributed by atoms with Gasteiger partial charge in [-0.2, -0.15) is 0 Å². The highest BCUT2D eigenvalue weighted by Gasteiger charge is 2.39. The lowest BCUT2D eigenvalue weighted by atomic mass is 9.84. The molecule has 0 aromatic heterocycles. The van der Waals surface area contributed by atoms with E-state index in [1.165, 1.54) is 0 Å². The maximum atomic E-state index is 13.7. The molecule has 34 heavy (non-hydrogen) atoms. The smallest absolute Gasteiger partial charge is 0.328 e. The topological polar surface area (TPSA) is 84.9 Å². The number of nitrogens with zero attached hydrogens (tertiary/aromatic N) is 1. The zero-order valence-corrected chi connectivity index (χ0v) is 21.4. The van der Waals surface area contributed by atoms with Crippen LogP contribution in [-0.2, 0) is 30.5 Å². The molecule has 0 heterocycles. The van der Waals surface area contributed by atoms with Crippen LogP contribution in [0, 0.1) is 5.92 Å². The van der Waals surface area contributed by atoms with Gasteiger partial charge in [0.15, 0.2) is 0 Å². The maximum absolute atomic E-state index is 13.7. The lowest BCUT2D eigenvalue weighted by molar-refractivity contribution is -0.160. The number of amides is 1. The minimum Gasteiger partial charge on any atom is -0.465 e.